The lowest BCUT2D eigenvalue weighted by Crippen LogP contribution is -2.15. The zero-order valence-electron chi connectivity index (χ0n) is 25.6. The molecule has 0 saturated carbocycles. The average molecular weight is 625 g/mol. The van der Waals surface area contributed by atoms with Gasteiger partial charge in [0.2, 0.25) is 0 Å². The van der Waals surface area contributed by atoms with Crippen molar-refractivity contribution in [1.82, 2.24) is 0 Å². The molecule has 0 aromatic rings. The first-order valence-electron chi connectivity index (χ1n) is 14.8. The fourth-order valence-corrected chi connectivity index (χ4v) is 2.52. The van der Waals surface area contributed by atoms with Crippen LogP contribution in [0.1, 0.15) is 96.8 Å². The van der Waals surface area contributed by atoms with Gasteiger partial charge in [-0.2, -0.15) is 0 Å². The summed E-state index contributed by atoms with van der Waals surface area (Å²) in [6.07, 6.45) is 13.5. The number of carboxylic acid groups (broad SMARTS) is 1. The van der Waals surface area contributed by atoms with Gasteiger partial charge < -0.3 is 66.4 Å². The maximum atomic E-state index is 10.3. The van der Waals surface area contributed by atoms with Crippen LogP contribution in [0.3, 0.4) is 0 Å². The van der Waals surface area contributed by atoms with Crippen LogP contribution in [0.2, 0.25) is 0 Å². The minimum Gasteiger partial charge on any atom is -0.481 e. The summed E-state index contributed by atoms with van der Waals surface area (Å²) in [6.45, 7) is -0.656. The smallest absolute Gasteiger partial charge is 0.303 e. The number of aliphatic hydroxyl groups excluding tert-OH is 12. The van der Waals surface area contributed by atoms with E-state index in [2.05, 4.69) is 6.92 Å². The Morgan fingerprint density at radius 1 is 0.405 bits per heavy atom. The fourth-order valence-electron chi connectivity index (χ4n) is 2.52. The van der Waals surface area contributed by atoms with Gasteiger partial charge in [0.25, 0.3) is 0 Å². The molecule has 0 fully saturated rings. The fraction of sp³-hybridized carbons (Fsp3) is 0.964. The first-order chi connectivity index (χ1) is 20.0. The molecule has 0 atom stereocenters. The van der Waals surface area contributed by atoms with E-state index in [0.29, 0.717) is 6.42 Å². The molecule has 42 heavy (non-hydrogen) atoms. The van der Waals surface area contributed by atoms with E-state index in [0.717, 1.165) is 12.8 Å². The Morgan fingerprint density at radius 3 is 0.738 bits per heavy atom. The monoisotopic (exact) mass is 624 g/mol. The predicted octanol–water partition coefficient (Wildman–Crippen LogP) is -1.12. The molecule has 14 nitrogen and oxygen atoms in total. The Hall–Kier alpha value is -1.01. The molecule has 0 amide bonds. The van der Waals surface area contributed by atoms with Crippen LogP contribution in [0.25, 0.3) is 0 Å². The standard InChI is InChI=1S/C16H32O2.4C3H8O3/c1-2-3-4-5-6-7-8-9-10-11-12-13-14-15-16(17)18;4*4-1-3(6)2-5/h2-15H2,1H3,(H,17,18);4*3-6H,1-2H2. The normalized spacial score (nSPS) is 10.3. The summed E-state index contributed by atoms with van der Waals surface area (Å²) >= 11 is 0. The molecule has 13 N–H and O–H groups in total. The van der Waals surface area contributed by atoms with E-state index >= 15 is 0 Å². The Bertz CT molecular complexity index is 404. The second-order valence-corrected chi connectivity index (χ2v) is 9.46. The van der Waals surface area contributed by atoms with Crippen molar-refractivity contribution in [1.29, 1.82) is 0 Å². The molecule has 0 aromatic heterocycles. The van der Waals surface area contributed by atoms with Gasteiger partial charge in [0.15, 0.2) is 0 Å². The van der Waals surface area contributed by atoms with Crippen LogP contribution in [-0.2, 0) is 4.79 Å². The van der Waals surface area contributed by atoms with Crippen molar-refractivity contribution < 1.29 is 71.2 Å². The van der Waals surface area contributed by atoms with Gasteiger partial charge in [-0.05, 0) is 6.42 Å². The number of carboxylic acids is 1. The highest BCUT2D eigenvalue weighted by molar-refractivity contribution is 5.66. The van der Waals surface area contributed by atoms with E-state index in [4.69, 9.17) is 66.4 Å². The minimum absolute atomic E-state index is 0.345. The summed E-state index contributed by atoms with van der Waals surface area (Å²) in [4.78, 5) is 10.3. The molecule has 0 aliphatic carbocycles. The summed E-state index contributed by atoms with van der Waals surface area (Å²) in [5.74, 6) is -0.655. The van der Waals surface area contributed by atoms with Crippen molar-refractivity contribution in [2.24, 2.45) is 0 Å². The first-order valence-corrected chi connectivity index (χ1v) is 14.8. The van der Waals surface area contributed by atoms with Crippen LogP contribution in [0, 0.1) is 0 Å². The van der Waals surface area contributed by atoms with E-state index in [1.54, 1.807) is 0 Å². The van der Waals surface area contributed by atoms with Crippen LogP contribution >= 0.6 is 0 Å². The topological polar surface area (TPSA) is 280 Å². The van der Waals surface area contributed by atoms with E-state index in [9.17, 15) is 4.79 Å². The van der Waals surface area contributed by atoms with Crippen molar-refractivity contribution in [3.8, 4) is 0 Å². The summed E-state index contributed by atoms with van der Waals surface area (Å²) in [5, 5.41) is 105. The van der Waals surface area contributed by atoms with Crippen molar-refractivity contribution in [2.45, 2.75) is 121 Å². The quantitative estimate of drug-likeness (QED) is 0.0636. The number of unbranched alkanes of at least 4 members (excludes halogenated alkanes) is 12. The van der Waals surface area contributed by atoms with E-state index < -0.39 is 30.4 Å². The molecule has 14 heteroatoms. The van der Waals surface area contributed by atoms with Gasteiger partial charge in [-0.25, -0.2) is 0 Å². The van der Waals surface area contributed by atoms with Gasteiger partial charge in [0.05, 0.1) is 52.9 Å². The Morgan fingerprint density at radius 2 is 0.595 bits per heavy atom. The lowest BCUT2D eigenvalue weighted by atomic mass is 10.0. The van der Waals surface area contributed by atoms with Crippen LogP contribution in [-0.4, -0.2) is 150 Å². The van der Waals surface area contributed by atoms with Crippen molar-refractivity contribution in [3.05, 3.63) is 0 Å². The summed E-state index contributed by atoms with van der Waals surface area (Å²) < 4.78 is 0. The van der Waals surface area contributed by atoms with Gasteiger partial charge in [0.1, 0.15) is 24.4 Å². The Balaban J connectivity index is -0.000000156. The highest BCUT2D eigenvalue weighted by atomic mass is 16.4. The molecule has 0 aromatic carbocycles. The maximum Gasteiger partial charge on any atom is 0.303 e. The van der Waals surface area contributed by atoms with Gasteiger partial charge in [-0.15, -0.1) is 0 Å². The molecule has 0 radical (unpaired) electrons. The van der Waals surface area contributed by atoms with E-state index in [1.165, 1.54) is 70.6 Å². The van der Waals surface area contributed by atoms with Crippen LogP contribution in [0.15, 0.2) is 0 Å². The molecule has 0 unspecified atom stereocenters. The second kappa shape index (κ2) is 46.9. The number of aliphatic carboxylic acids is 1. The molecule has 0 aliphatic heterocycles. The molecular formula is C28H64O14. The summed E-state index contributed by atoms with van der Waals surface area (Å²) in [5.41, 5.74) is 0. The molecule has 0 spiro atoms. The van der Waals surface area contributed by atoms with Gasteiger partial charge in [-0.3, -0.25) is 4.79 Å². The third kappa shape index (κ3) is 62.6. The average Bonchev–Trinajstić information content (AvgIpc) is 3.02. The lowest BCUT2D eigenvalue weighted by Gasteiger charge is -2.02. The number of hydrogen-bond donors (Lipinski definition) is 13. The minimum atomic E-state index is -0.954. The Kier molecular flexibility index (Phi) is 56.6. The summed E-state index contributed by atoms with van der Waals surface area (Å²) in [7, 11) is 0. The Labute approximate surface area is 251 Å². The molecular weight excluding hydrogens is 560 g/mol. The summed E-state index contributed by atoms with van der Waals surface area (Å²) in [6, 6.07) is 0. The van der Waals surface area contributed by atoms with Crippen LogP contribution < -0.4 is 0 Å². The van der Waals surface area contributed by atoms with Gasteiger partial charge >= 0.3 is 5.97 Å². The molecule has 0 saturated heterocycles. The molecule has 0 rings (SSSR count). The molecule has 0 heterocycles. The number of carbonyl (C=O) groups is 1. The lowest BCUT2D eigenvalue weighted by molar-refractivity contribution is -0.137. The number of aliphatic hydroxyl groups is 12. The van der Waals surface area contributed by atoms with Crippen molar-refractivity contribution in [2.75, 3.05) is 52.9 Å². The van der Waals surface area contributed by atoms with Gasteiger partial charge in [0, 0.05) is 6.42 Å². The SMILES string of the molecule is CCCCCCCCCCCCCCCC(=O)O.OCC(O)CO.OCC(O)CO.OCC(O)CO.OCC(O)CO. The van der Waals surface area contributed by atoms with Crippen molar-refractivity contribution >= 4 is 5.97 Å². The maximum absolute atomic E-state index is 10.3. The third-order valence-electron chi connectivity index (χ3n) is 5.18. The highest BCUT2D eigenvalue weighted by Gasteiger charge is 1.97. The largest absolute Gasteiger partial charge is 0.481 e. The first kappa shape index (κ1) is 50.6. The van der Waals surface area contributed by atoms with Crippen LogP contribution in [0.5, 0.6) is 0 Å². The molecule has 0 aliphatic rings. The highest BCUT2D eigenvalue weighted by Crippen LogP contribution is 2.12. The van der Waals surface area contributed by atoms with E-state index in [1.807, 2.05) is 0 Å². The predicted molar refractivity (Wildman–Crippen MR) is 159 cm³/mol. The zero-order chi connectivity index (χ0) is 33.4. The number of rotatable bonds is 22. The number of hydrogen-bond acceptors (Lipinski definition) is 13. The second-order valence-electron chi connectivity index (χ2n) is 9.46. The van der Waals surface area contributed by atoms with Gasteiger partial charge in [-0.1, -0.05) is 84.0 Å². The zero-order valence-corrected chi connectivity index (χ0v) is 25.6. The van der Waals surface area contributed by atoms with E-state index in [-0.39, 0.29) is 52.9 Å². The third-order valence-corrected chi connectivity index (χ3v) is 5.18. The van der Waals surface area contributed by atoms with Crippen molar-refractivity contribution in [3.63, 3.8) is 0 Å². The van der Waals surface area contributed by atoms with Crippen LogP contribution in [0.4, 0.5) is 0 Å². The molecule has 260 valence electrons. The molecule has 0 bridgehead atoms.